The van der Waals surface area contributed by atoms with Gasteiger partial charge in [0.05, 0.1) is 19.3 Å². The normalized spacial score (nSPS) is 10.4. The van der Waals surface area contributed by atoms with Crippen LogP contribution >= 0.6 is 0 Å². The molecule has 2 rings (SSSR count). The number of aromatic nitrogens is 2. The van der Waals surface area contributed by atoms with Crippen molar-refractivity contribution in [1.82, 2.24) is 9.97 Å². The number of hydrogen-bond acceptors (Lipinski definition) is 5. The Balaban J connectivity index is 1.98. The molecule has 0 atom stereocenters. The number of ether oxygens (including phenoxy) is 1. The van der Waals surface area contributed by atoms with Crippen molar-refractivity contribution < 1.29 is 9.15 Å². The van der Waals surface area contributed by atoms with Crippen molar-refractivity contribution in [1.29, 1.82) is 0 Å². The van der Waals surface area contributed by atoms with Crippen LogP contribution in [-0.4, -0.2) is 16.6 Å². The van der Waals surface area contributed by atoms with Crippen LogP contribution in [0.5, 0.6) is 5.75 Å². The van der Waals surface area contributed by atoms with Gasteiger partial charge in [-0.1, -0.05) is 13.8 Å². The highest BCUT2D eigenvalue weighted by Gasteiger charge is 2.06. The minimum Gasteiger partial charge on any atom is -0.490 e. The van der Waals surface area contributed by atoms with E-state index in [2.05, 4.69) is 22.2 Å². The SMILES string of the molecule is CCCOc1cccnc1NCc1ncc(CC)o1. The fourth-order valence-electron chi connectivity index (χ4n) is 1.60. The standard InChI is InChI=1S/C14H19N3O2/c1-3-8-18-12-6-5-7-15-14(12)17-10-13-16-9-11(4-2)19-13/h5-7,9H,3-4,8,10H2,1-2H3,(H,15,17). The maximum atomic E-state index is 5.63. The predicted octanol–water partition coefficient (Wildman–Crippen LogP) is 3.03. The van der Waals surface area contributed by atoms with Crippen molar-refractivity contribution in [2.75, 3.05) is 11.9 Å². The highest BCUT2D eigenvalue weighted by atomic mass is 16.5. The van der Waals surface area contributed by atoms with Crippen molar-refractivity contribution in [3.05, 3.63) is 36.2 Å². The second-order valence-corrected chi connectivity index (χ2v) is 4.13. The van der Waals surface area contributed by atoms with E-state index >= 15 is 0 Å². The molecule has 0 radical (unpaired) electrons. The van der Waals surface area contributed by atoms with E-state index in [-0.39, 0.29) is 0 Å². The van der Waals surface area contributed by atoms with Crippen LogP contribution in [-0.2, 0) is 13.0 Å². The van der Waals surface area contributed by atoms with Crippen LogP contribution < -0.4 is 10.1 Å². The maximum Gasteiger partial charge on any atom is 0.213 e. The van der Waals surface area contributed by atoms with E-state index in [1.807, 2.05) is 19.1 Å². The predicted molar refractivity (Wildman–Crippen MR) is 73.2 cm³/mol. The highest BCUT2D eigenvalue weighted by molar-refractivity contribution is 5.49. The molecule has 0 aliphatic heterocycles. The number of oxazole rings is 1. The summed E-state index contributed by atoms with van der Waals surface area (Å²) in [6, 6.07) is 3.76. The van der Waals surface area contributed by atoms with Crippen molar-refractivity contribution in [2.24, 2.45) is 0 Å². The van der Waals surface area contributed by atoms with Gasteiger partial charge < -0.3 is 14.5 Å². The van der Waals surface area contributed by atoms with Crippen molar-refractivity contribution >= 4 is 5.82 Å². The molecule has 0 unspecified atom stereocenters. The molecular weight excluding hydrogens is 242 g/mol. The number of anilines is 1. The third-order valence-electron chi connectivity index (χ3n) is 2.59. The first-order chi connectivity index (χ1) is 9.33. The minimum absolute atomic E-state index is 0.500. The Hall–Kier alpha value is -2.04. The average Bonchev–Trinajstić information content (AvgIpc) is 2.91. The number of nitrogens with zero attached hydrogens (tertiary/aromatic N) is 2. The van der Waals surface area contributed by atoms with Crippen molar-refractivity contribution in [3.8, 4) is 5.75 Å². The summed E-state index contributed by atoms with van der Waals surface area (Å²) in [6.07, 6.45) is 5.30. The zero-order valence-corrected chi connectivity index (χ0v) is 11.3. The van der Waals surface area contributed by atoms with Crippen LogP contribution in [0.15, 0.2) is 28.9 Å². The van der Waals surface area contributed by atoms with Crippen molar-refractivity contribution in [3.63, 3.8) is 0 Å². The topological polar surface area (TPSA) is 60.2 Å². The van der Waals surface area contributed by atoms with Gasteiger partial charge in [-0.2, -0.15) is 0 Å². The largest absolute Gasteiger partial charge is 0.490 e. The van der Waals surface area contributed by atoms with Gasteiger partial charge in [-0.25, -0.2) is 9.97 Å². The van der Waals surface area contributed by atoms with Crippen LogP contribution in [0.25, 0.3) is 0 Å². The van der Waals surface area contributed by atoms with E-state index in [0.717, 1.165) is 24.4 Å². The summed E-state index contributed by atoms with van der Waals surface area (Å²) in [5.41, 5.74) is 0. The number of pyridine rings is 1. The quantitative estimate of drug-likeness (QED) is 0.830. The molecule has 0 aromatic carbocycles. The van der Waals surface area contributed by atoms with E-state index in [1.165, 1.54) is 0 Å². The third-order valence-corrected chi connectivity index (χ3v) is 2.59. The highest BCUT2D eigenvalue weighted by Crippen LogP contribution is 2.21. The van der Waals surface area contributed by atoms with Crippen LogP contribution in [0, 0.1) is 0 Å². The van der Waals surface area contributed by atoms with Gasteiger partial charge in [-0.15, -0.1) is 0 Å². The van der Waals surface area contributed by atoms with E-state index in [9.17, 15) is 0 Å². The molecular formula is C14H19N3O2. The van der Waals surface area contributed by atoms with E-state index < -0.39 is 0 Å². The zero-order valence-electron chi connectivity index (χ0n) is 11.3. The molecule has 1 N–H and O–H groups in total. The molecule has 19 heavy (non-hydrogen) atoms. The average molecular weight is 261 g/mol. The molecule has 0 aliphatic carbocycles. The van der Waals surface area contributed by atoms with Crippen LogP contribution in [0.3, 0.4) is 0 Å². The van der Waals surface area contributed by atoms with Crippen LogP contribution in [0.4, 0.5) is 5.82 Å². The van der Waals surface area contributed by atoms with E-state index in [0.29, 0.717) is 24.9 Å². The maximum absolute atomic E-state index is 5.63. The molecule has 5 nitrogen and oxygen atoms in total. The number of rotatable bonds is 7. The Labute approximate surface area is 113 Å². The fraction of sp³-hybridized carbons (Fsp3) is 0.429. The second kappa shape index (κ2) is 6.78. The molecule has 5 heteroatoms. The van der Waals surface area contributed by atoms with E-state index in [1.54, 1.807) is 12.4 Å². The summed E-state index contributed by atoms with van der Waals surface area (Å²) in [4.78, 5) is 8.46. The lowest BCUT2D eigenvalue weighted by Crippen LogP contribution is -2.05. The molecule has 102 valence electrons. The van der Waals surface area contributed by atoms with Crippen LogP contribution in [0.1, 0.15) is 31.9 Å². The Morgan fingerprint density at radius 1 is 1.32 bits per heavy atom. The summed E-state index contributed by atoms with van der Waals surface area (Å²) in [5, 5.41) is 3.18. The monoisotopic (exact) mass is 261 g/mol. The van der Waals surface area contributed by atoms with Gasteiger partial charge in [0, 0.05) is 12.6 Å². The lowest BCUT2D eigenvalue weighted by molar-refractivity contribution is 0.317. The summed E-state index contributed by atoms with van der Waals surface area (Å²) in [7, 11) is 0. The van der Waals surface area contributed by atoms with Gasteiger partial charge in [0.25, 0.3) is 0 Å². The van der Waals surface area contributed by atoms with Gasteiger partial charge >= 0.3 is 0 Å². The molecule has 2 heterocycles. The lowest BCUT2D eigenvalue weighted by atomic mass is 10.4. The summed E-state index contributed by atoms with van der Waals surface area (Å²) < 4.78 is 11.2. The molecule has 0 amide bonds. The smallest absolute Gasteiger partial charge is 0.213 e. The summed E-state index contributed by atoms with van der Waals surface area (Å²) in [5.74, 6) is 3.02. The lowest BCUT2D eigenvalue weighted by Gasteiger charge is -2.10. The van der Waals surface area contributed by atoms with Gasteiger partial charge in [-0.3, -0.25) is 0 Å². The van der Waals surface area contributed by atoms with Gasteiger partial charge in [0.2, 0.25) is 5.89 Å². The fourth-order valence-corrected chi connectivity index (χ4v) is 1.60. The molecule has 2 aromatic rings. The number of aryl methyl sites for hydroxylation is 1. The molecule has 0 bridgehead atoms. The molecule has 0 saturated carbocycles. The Morgan fingerprint density at radius 2 is 2.21 bits per heavy atom. The molecule has 2 aromatic heterocycles. The summed E-state index contributed by atoms with van der Waals surface area (Å²) in [6.45, 7) is 5.29. The Morgan fingerprint density at radius 3 is 2.95 bits per heavy atom. The zero-order chi connectivity index (χ0) is 13.5. The Kier molecular flexibility index (Phi) is 4.78. The van der Waals surface area contributed by atoms with Gasteiger partial charge in [0.1, 0.15) is 5.76 Å². The van der Waals surface area contributed by atoms with Gasteiger partial charge in [0.15, 0.2) is 11.6 Å². The van der Waals surface area contributed by atoms with Crippen molar-refractivity contribution in [2.45, 2.75) is 33.2 Å². The van der Waals surface area contributed by atoms with E-state index in [4.69, 9.17) is 9.15 Å². The molecule has 0 saturated heterocycles. The summed E-state index contributed by atoms with van der Waals surface area (Å²) >= 11 is 0. The first-order valence-electron chi connectivity index (χ1n) is 6.58. The van der Waals surface area contributed by atoms with Crippen LogP contribution in [0.2, 0.25) is 0 Å². The molecule has 0 spiro atoms. The Bertz CT molecular complexity index is 511. The molecule has 0 fully saturated rings. The first-order valence-corrected chi connectivity index (χ1v) is 6.58. The minimum atomic E-state index is 0.500. The third kappa shape index (κ3) is 3.71. The number of nitrogens with one attached hydrogen (secondary N) is 1. The second-order valence-electron chi connectivity index (χ2n) is 4.13. The van der Waals surface area contributed by atoms with Gasteiger partial charge in [-0.05, 0) is 18.6 Å². The molecule has 0 aliphatic rings. The first kappa shape index (κ1) is 13.4. The number of hydrogen-bond donors (Lipinski definition) is 1.